The van der Waals surface area contributed by atoms with Crippen molar-refractivity contribution >= 4 is 16.9 Å². The third kappa shape index (κ3) is 1.44. The lowest BCUT2D eigenvalue weighted by Crippen LogP contribution is -2.04. The van der Waals surface area contributed by atoms with Crippen LogP contribution in [0.2, 0.25) is 0 Å². The highest BCUT2D eigenvalue weighted by atomic mass is 15.3. The minimum absolute atomic E-state index is 0.306. The summed E-state index contributed by atoms with van der Waals surface area (Å²) in [6.07, 6.45) is 1.56. The van der Waals surface area contributed by atoms with E-state index in [4.69, 9.17) is 0 Å². The Hall–Kier alpha value is -1.65. The highest BCUT2D eigenvalue weighted by molar-refractivity contribution is 5.89. The fourth-order valence-corrected chi connectivity index (χ4v) is 1.69. The summed E-state index contributed by atoms with van der Waals surface area (Å²) in [5, 5.41) is 8.54. The Balaban J connectivity index is 2.79. The van der Waals surface area contributed by atoms with E-state index in [1.807, 2.05) is 18.7 Å². The summed E-state index contributed by atoms with van der Waals surface area (Å²) in [4.78, 5) is 8.46. The van der Waals surface area contributed by atoms with Crippen LogP contribution in [0.4, 0.5) is 5.82 Å². The van der Waals surface area contributed by atoms with Gasteiger partial charge in [-0.1, -0.05) is 0 Å². The SMILES string of the molecule is CNc1ncnc2c1c(C)nn2C(C)C. The van der Waals surface area contributed by atoms with Gasteiger partial charge in [-0.05, 0) is 20.8 Å². The van der Waals surface area contributed by atoms with Crippen LogP contribution in [-0.4, -0.2) is 26.8 Å². The van der Waals surface area contributed by atoms with Crippen LogP contribution in [0.3, 0.4) is 0 Å². The topological polar surface area (TPSA) is 55.6 Å². The second-order valence-electron chi connectivity index (χ2n) is 3.79. The molecule has 80 valence electrons. The number of nitrogens with one attached hydrogen (secondary N) is 1. The maximum absolute atomic E-state index is 4.47. The van der Waals surface area contributed by atoms with Gasteiger partial charge in [-0.2, -0.15) is 5.10 Å². The zero-order valence-electron chi connectivity index (χ0n) is 9.44. The Kier molecular flexibility index (Phi) is 2.30. The first-order valence-electron chi connectivity index (χ1n) is 5.02. The van der Waals surface area contributed by atoms with Crippen molar-refractivity contribution in [2.24, 2.45) is 0 Å². The molecule has 0 saturated carbocycles. The molecule has 0 aromatic carbocycles. The smallest absolute Gasteiger partial charge is 0.163 e. The van der Waals surface area contributed by atoms with E-state index >= 15 is 0 Å². The van der Waals surface area contributed by atoms with Crippen molar-refractivity contribution in [3.05, 3.63) is 12.0 Å². The number of aryl methyl sites for hydroxylation is 1. The van der Waals surface area contributed by atoms with Gasteiger partial charge in [0.15, 0.2) is 5.65 Å². The van der Waals surface area contributed by atoms with Crippen LogP contribution < -0.4 is 5.32 Å². The maximum Gasteiger partial charge on any atom is 0.163 e. The Morgan fingerprint density at radius 1 is 1.33 bits per heavy atom. The molecule has 5 nitrogen and oxygen atoms in total. The molecule has 2 aromatic rings. The van der Waals surface area contributed by atoms with E-state index in [-0.39, 0.29) is 0 Å². The van der Waals surface area contributed by atoms with Crippen molar-refractivity contribution in [2.45, 2.75) is 26.8 Å². The first kappa shape index (κ1) is 9.89. The van der Waals surface area contributed by atoms with Gasteiger partial charge in [-0.3, -0.25) is 0 Å². The van der Waals surface area contributed by atoms with E-state index in [1.54, 1.807) is 6.33 Å². The lowest BCUT2D eigenvalue weighted by molar-refractivity contribution is 0.542. The molecule has 0 saturated heterocycles. The second kappa shape index (κ2) is 3.49. The van der Waals surface area contributed by atoms with Crippen LogP contribution in [-0.2, 0) is 0 Å². The monoisotopic (exact) mass is 205 g/mol. The normalized spacial score (nSPS) is 11.3. The van der Waals surface area contributed by atoms with E-state index in [0.29, 0.717) is 6.04 Å². The molecule has 5 heteroatoms. The number of nitrogens with zero attached hydrogens (tertiary/aromatic N) is 4. The Morgan fingerprint density at radius 3 is 2.67 bits per heavy atom. The van der Waals surface area contributed by atoms with E-state index in [2.05, 4.69) is 34.2 Å². The minimum Gasteiger partial charge on any atom is -0.372 e. The molecular weight excluding hydrogens is 190 g/mol. The van der Waals surface area contributed by atoms with E-state index < -0.39 is 0 Å². The zero-order chi connectivity index (χ0) is 11.0. The fourth-order valence-electron chi connectivity index (χ4n) is 1.69. The number of anilines is 1. The quantitative estimate of drug-likeness (QED) is 0.811. The first-order valence-corrected chi connectivity index (χ1v) is 5.02. The summed E-state index contributed by atoms with van der Waals surface area (Å²) in [6, 6.07) is 0.306. The summed E-state index contributed by atoms with van der Waals surface area (Å²) < 4.78 is 1.92. The summed E-state index contributed by atoms with van der Waals surface area (Å²) in [5.74, 6) is 0.837. The van der Waals surface area contributed by atoms with Crippen molar-refractivity contribution < 1.29 is 0 Å². The largest absolute Gasteiger partial charge is 0.372 e. The number of fused-ring (bicyclic) bond motifs is 1. The standard InChI is InChI=1S/C10H15N5/c1-6(2)15-10-8(7(3)14-15)9(11-4)12-5-13-10/h5-6H,1-4H3,(H,11,12,13). The van der Waals surface area contributed by atoms with E-state index in [0.717, 1.165) is 22.5 Å². The number of rotatable bonds is 2. The van der Waals surface area contributed by atoms with Crippen molar-refractivity contribution in [2.75, 3.05) is 12.4 Å². The zero-order valence-corrected chi connectivity index (χ0v) is 9.44. The average Bonchev–Trinajstić information content (AvgIpc) is 2.56. The van der Waals surface area contributed by atoms with Gasteiger partial charge in [-0.25, -0.2) is 14.6 Å². The number of hydrogen-bond acceptors (Lipinski definition) is 4. The molecule has 0 amide bonds. The van der Waals surface area contributed by atoms with Crippen molar-refractivity contribution in [3.63, 3.8) is 0 Å². The predicted molar refractivity (Wildman–Crippen MR) is 60.0 cm³/mol. The molecule has 0 fully saturated rings. The van der Waals surface area contributed by atoms with Crippen LogP contribution >= 0.6 is 0 Å². The molecule has 0 spiro atoms. The van der Waals surface area contributed by atoms with Crippen LogP contribution in [0.25, 0.3) is 11.0 Å². The molecular formula is C10H15N5. The summed E-state index contributed by atoms with van der Waals surface area (Å²) in [6.45, 7) is 6.16. The summed E-state index contributed by atoms with van der Waals surface area (Å²) in [7, 11) is 1.86. The van der Waals surface area contributed by atoms with E-state index in [9.17, 15) is 0 Å². The molecule has 0 bridgehead atoms. The molecule has 0 atom stereocenters. The third-order valence-electron chi connectivity index (χ3n) is 2.39. The second-order valence-corrected chi connectivity index (χ2v) is 3.79. The molecule has 1 N–H and O–H groups in total. The summed E-state index contributed by atoms with van der Waals surface area (Å²) >= 11 is 0. The molecule has 0 radical (unpaired) electrons. The van der Waals surface area contributed by atoms with Gasteiger partial charge in [0, 0.05) is 13.1 Å². The van der Waals surface area contributed by atoms with Crippen molar-refractivity contribution in [3.8, 4) is 0 Å². The van der Waals surface area contributed by atoms with Gasteiger partial charge >= 0.3 is 0 Å². The third-order valence-corrected chi connectivity index (χ3v) is 2.39. The van der Waals surface area contributed by atoms with Gasteiger partial charge in [0.05, 0.1) is 11.1 Å². The number of hydrogen-bond donors (Lipinski definition) is 1. The molecule has 2 aromatic heterocycles. The van der Waals surface area contributed by atoms with Crippen LogP contribution in [0, 0.1) is 6.92 Å². The van der Waals surface area contributed by atoms with Crippen molar-refractivity contribution in [1.29, 1.82) is 0 Å². The van der Waals surface area contributed by atoms with Gasteiger partial charge < -0.3 is 5.32 Å². The van der Waals surface area contributed by atoms with Crippen LogP contribution in [0.5, 0.6) is 0 Å². The van der Waals surface area contributed by atoms with Gasteiger partial charge in [0.2, 0.25) is 0 Å². The predicted octanol–water partition coefficient (Wildman–Crippen LogP) is 1.76. The first-order chi connectivity index (χ1) is 7.15. The lowest BCUT2D eigenvalue weighted by atomic mass is 10.3. The molecule has 2 heterocycles. The van der Waals surface area contributed by atoms with E-state index in [1.165, 1.54) is 0 Å². The molecule has 0 aliphatic rings. The molecule has 2 rings (SSSR count). The molecule has 0 aliphatic carbocycles. The Labute approximate surface area is 88.5 Å². The average molecular weight is 205 g/mol. The van der Waals surface area contributed by atoms with Gasteiger partial charge in [0.25, 0.3) is 0 Å². The number of aromatic nitrogens is 4. The highest BCUT2D eigenvalue weighted by Crippen LogP contribution is 2.24. The fraction of sp³-hybridized carbons (Fsp3) is 0.500. The highest BCUT2D eigenvalue weighted by Gasteiger charge is 2.14. The minimum atomic E-state index is 0.306. The molecule has 0 unspecified atom stereocenters. The Bertz CT molecular complexity index is 486. The Morgan fingerprint density at radius 2 is 2.07 bits per heavy atom. The molecule has 0 aliphatic heterocycles. The maximum atomic E-state index is 4.47. The van der Waals surface area contributed by atoms with Gasteiger partial charge in [-0.15, -0.1) is 0 Å². The van der Waals surface area contributed by atoms with Crippen LogP contribution in [0.15, 0.2) is 6.33 Å². The summed E-state index contributed by atoms with van der Waals surface area (Å²) in [5.41, 5.74) is 1.85. The van der Waals surface area contributed by atoms with Gasteiger partial charge in [0.1, 0.15) is 12.1 Å². The molecule has 15 heavy (non-hydrogen) atoms. The van der Waals surface area contributed by atoms with Crippen LogP contribution in [0.1, 0.15) is 25.6 Å². The lowest BCUT2D eigenvalue weighted by Gasteiger charge is -2.06. The van der Waals surface area contributed by atoms with Crippen molar-refractivity contribution in [1.82, 2.24) is 19.7 Å².